The Morgan fingerprint density at radius 3 is 2.92 bits per heavy atom. The molecule has 4 heteroatoms. The number of alkyl halides is 1. The van der Waals surface area contributed by atoms with Crippen LogP contribution in [0.1, 0.15) is 5.56 Å². The quantitative estimate of drug-likeness (QED) is 0.619. The van der Waals surface area contributed by atoms with E-state index < -0.39 is 0 Å². The molecular weight excluding hydrogens is 270 g/mol. The highest BCUT2D eigenvalue weighted by atomic mass is 79.9. The number of halogens is 2. The van der Waals surface area contributed by atoms with Crippen molar-refractivity contribution in [2.24, 2.45) is 0 Å². The second-order valence-corrected chi connectivity index (χ2v) is 4.74. The van der Waals surface area contributed by atoms with Gasteiger partial charge >= 0.3 is 0 Å². The summed E-state index contributed by atoms with van der Waals surface area (Å²) in [5.41, 5.74) is 7.78. The van der Waals surface area contributed by atoms with Crippen molar-refractivity contribution in [1.82, 2.24) is 0 Å². The summed E-state index contributed by atoms with van der Waals surface area (Å²) in [6.45, 7) is 0. The fourth-order valence-corrected chi connectivity index (χ4v) is 3.30. The molecule has 13 heavy (non-hydrogen) atoms. The van der Waals surface area contributed by atoms with Gasteiger partial charge in [0.2, 0.25) is 0 Å². The molecule has 0 aliphatic rings. The molecule has 0 radical (unpaired) electrons. The first-order chi connectivity index (χ1) is 6.24. The summed E-state index contributed by atoms with van der Waals surface area (Å²) in [7, 11) is 0. The summed E-state index contributed by atoms with van der Waals surface area (Å²) >= 11 is 11.0. The zero-order valence-electron chi connectivity index (χ0n) is 6.68. The standard InChI is InChI=1S/C9H7BrClNS/c10-6-4-13-9-7(12)2-1-5(3-11)8(6)9/h1-2,4H,3,12H2. The molecule has 2 aromatic rings. The molecule has 68 valence electrons. The zero-order valence-corrected chi connectivity index (χ0v) is 9.84. The number of fused-ring (bicyclic) bond motifs is 1. The average molecular weight is 277 g/mol. The Hall–Kier alpha value is -0.250. The first-order valence-electron chi connectivity index (χ1n) is 3.74. The van der Waals surface area contributed by atoms with E-state index in [0.717, 1.165) is 25.8 Å². The van der Waals surface area contributed by atoms with E-state index in [1.54, 1.807) is 11.3 Å². The normalized spacial score (nSPS) is 10.9. The highest BCUT2D eigenvalue weighted by molar-refractivity contribution is 9.10. The lowest BCUT2D eigenvalue weighted by Crippen LogP contribution is -1.87. The molecule has 0 atom stereocenters. The van der Waals surface area contributed by atoms with Crippen molar-refractivity contribution in [1.29, 1.82) is 0 Å². The van der Waals surface area contributed by atoms with Gasteiger partial charge in [0.1, 0.15) is 0 Å². The molecule has 1 aromatic carbocycles. The SMILES string of the molecule is Nc1ccc(CCl)c2c(Br)csc12. The highest BCUT2D eigenvalue weighted by Crippen LogP contribution is 2.37. The van der Waals surface area contributed by atoms with E-state index in [0.29, 0.717) is 5.88 Å². The number of benzene rings is 1. The van der Waals surface area contributed by atoms with E-state index in [9.17, 15) is 0 Å². The Balaban J connectivity index is 2.88. The van der Waals surface area contributed by atoms with Crippen molar-refractivity contribution in [3.63, 3.8) is 0 Å². The van der Waals surface area contributed by atoms with E-state index in [2.05, 4.69) is 15.9 Å². The summed E-state index contributed by atoms with van der Waals surface area (Å²) in [6, 6.07) is 3.88. The minimum Gasteiger partial charge on any atom is -0.398 e. The molecule has 1 aromatic heterocycles. The van der Waals surface area contributed by atoms with Crippen LogP contribution in [0.4, 0.5) is 5.69 Å². The summed E-state index contributed by atoms with van der Waals surface area (Å²) in [5, 5.41) is 3.19. The van der Waals surface area contributed by atoms with E-state index in [4.69, 9.17) is 17.3 Å². The minimum absolute atomic E-state index is 0.520. The predicted octanol–water partition coefficient (Wildman–Crippen LogP) is 3.98. The molecule has 0 aliphatic carbocycles. The fourth-order valence-electron chi connectivity index (χ4n) is 1.31. The summed E-state index contributed by atoms with van der Waals surface area (Å²) in [5.74, 6) is 0.520. The van der Waals surface area contributed by atoms with Crippen LogP contribution in [-0.2, 0) is 5.88 Å². The molecule has 2 N–H and O–H groups in total. The monoisotopic (exact) mass is 275 g/mol. The lowest BCUT2D eigenvalue weighted by Gasteiger charge is -2.01. The largest absolute Gasteiger partial charge is 0.398 e. The zero-order chi connectivity index (χ0) is 9.42. The van der Waals surface area contributed by atoms with Gasteiger partial charge in [0.25, 0.3) is 0 Å². The van der Waals surface area contributed by atoms with Crippen LogP contribution in [0, 0.1) is 0 Å². The summed E-state index contributed by atoms with van der Waals surface area (Å²) < 4.78 is 2.19. The van der Waals surface area contributed by atoms with Gasteiger partial charge in [-0.1, -0.05) is 6.07 Å². The number of hydrogen-bond donors (Lipinski definition) is 1. The van der Waals surface area contributed by atoms with Gasteiger partial charge < -0.3 is 5.73 Å². The molecule has 1 nitrogen and oxygen atoms in total. The van der Waals surface area contributed by atoms with Gasteiger partial charge in [0, 0.05) is 26.8 Å². The van der Waals surface area contributed by atoms with Gasteiger partial charge in [-0.15, -0.1) is 22.9 Å². The number of nitrogen functional groups attached to an aromatic ring is 1. The van der Waals surface area contributed by atoms with Gasteiger partial charge in [0.15, 0.2) is 0 Å². The first-order valence-corrected chi connectivity index (χ1v) is 5.94. The van der Waals surface area contributed by atoms with Gasteiger partial charge in [-0.25, -0.2) is 0 Å². The maximum Gasteiger partial charge on any atom is 0.0587 e. The summed E-state index contributed by atoms with van der Waals surface area (Å²) in [4.78, 5) is 0. The van der Waals surface area contributed by atoms with E-state index in [1.165, 1.54) is 0 Å². The number of anilines is 1. The Morgan fingerprint density at radius 2 is 2.23 bits per heavy atom. The Labute approximate surface area is 93.6 Å². The molecule has 0 spiro atoms. The van der Waals surface area contributed by atoms with Crippen molar-refractivity contribution >= 4 is 54.6 Å². The minimum atomic E-state index is 0.520. The maximum absolute atomic E-state index is 5.84. The third kappa shape index (κ3) is 1.45. The van der Waals surface area contributed by atoms with Gasteiger partial charge in [-0.2, -0.15) is 0 Å². The number of thiophene rings is 1. The third-order valence-corrected chi connectivity index (χ3v) is 4.18. The van der Waals surface area contributed by atoms with E-state index in [1.807, 2.05) is 17.5 Å². The van der Waals surface area contributed by atoms with E-state index >= 15 is 0 Å². The van der Waals surface area contributed by atoms with Crippen LogP contribution in [0.5, 0.6) is 0 Å². The second kappa shape index (κ2) is 3.48. The van der Waals surface area contributed by atoms with E-state index in [-0.39, 0.29) is 0 Å². The first kappa shape index (κ1) is 9.31. The molecule has 2 rings (SSSR count). The number of hydrogen-bond acceptors (Lipinski definition) is 2. The average Bonchev–Trinajstić information content (AvgIpc) is 2.51. The lowest BCUT2D eigenvalue weighted by atomic mass is 10.1. The molecule has 0 saturated heterocycles. The smallest absolute Gasteiger partial charge is 0.0587 e. The molecule has 0 aliphatic heterocycles. The molecule has 0 bridgehead atoms. The highest BCUT2D eigenvalue weighted by Gasteiger charge is 2.08. The maximum atomic E-state index is 5.84. The lowest BCUT2D eigenvalue weighted by molar-refractivity contribution is 1.46. The van der Waals surface area contributed by atoms with Crippen LogP contribution in [0.25, 0.3) is 10.1 Å². The Bertz CT molecular complexity index is 452. The molecule has 0 fully saturated rings. The second-order valence-electron chi connectivity index (χ2n) is 2.74. The van der Waals surface area contributed by atoms with Crippen LogP contribution in [-0.4, -0.2) is 0 Å². The van der Waals surface area contributed by atoms with Crippen molar-refractivity contribution in [3.8, 4) is 0 Å². The van der Waals surface area contributed by atoms with Gasteiger partial charge in [-0.05, 0) is 27.6 Å². The summed E-state index contributed by atoms with van der Waals surface area (Å²) in [6.07, 6.45) is 0. The van der Waals surface area contributed by atoms with Crippen molar-refractivity contribution in [2.45, 2.75) is 5.88 Å². The number of rotatable bonds is 1. The predicted molar refractivity (Wildman–Crippen MR) is 63.5 cm³/mol. The third-order valence-electron chi connectivity index (χ3n) is 1.94. The van der Waals surface area contributed by atoms with Crippen LogP contribution in [0.2, 0.25) is 0 Å². The molecular formula is C9H7BrClNS. The molecule has 0 unspecified atom stereocenters. The van der Waals surface area contributed by atoms with Crippen LogP contribution in [0.3, 0.4) is 0 Å². The van der Waals surface area contributed by atoms with Crippen LogP contribution in [0.15, 0.2) is 22.0 Å². The topological polar surface area (TPSA) is 26.0 Å². The van der Waals surface area contributed by atoms with Crippen LogP contribution >= 0.6 is 38.9 Å². The fraction of sp³-hybridized carbons (Fsp3) is 0.111. The van der Waals surface area contributed by atoms with Crippen molar-refractivity contribution < 1.29 is 0 Å². The van der Waals surface area contributed by atoms with Crippen LogP contribution < -0.4 is 5.73 Å². The van der Waals surface area contributed by atoms with Crippen molar-refractivity contribution in [3.05, 3.63) is 27.5 Å². The molecule has 1 heterocycles. The van der Waals surface area contributed by atoms with Gasteiger partial charge in [0.05, 0.1) is 4.70 Å². The Kier molecular flexibility index (Phi) is 2.49. The molecule has 0 amide bonds. The molecule has 0 saturated carbocycles. The number of nitrogens with two attached hydrogens (primary N) is 1. The Morgan fingerprint density at radius 1 is 1.46 bits per heavy atom. The van der Waals surface area contributed by atoms with Gasteiger partial charge in [-0.3, -0.25) is 0 Å². The van der Waals surface area contributed by atoms with Crippen molar-refractivity contribution in [2.75, 3.05) is 5.73 Å².